The third-order valence-corrected chi connectivity index (χ3v) is 11.5. The van der Waals surface area contributed by atoms with Crippen LogP contribution in [0.3, 0.4) is 0 Å². The van der Waals surface area contributed by atoms with Gasteiger partial charge >= 0.3 is 0 Å². The van der Waals surface area contributed by atoms with Gasteiger partial charge in [0.05, 0.1) is 11.1 Å². The number of amides is 2. The number of rotatable bonds is 7. The Morgan fingerprint density at radius 3 is 2.56 bits per heavy atom. The second-order valence-electron chi connectivity index (χ2n) is 12.7. The van der Waals surface area contributed by atoms with Gasteiger partial charge in [-0.1, -0.05) is 38.2 Å². The predicted octanol–water partition coefficient (Wildman–Crippen LogP) is 4.30. The van der Waals surface area contributed by atoms with E-state index in [1.807, 2.05) is 6.07 Å². The number of phenolic OH excluding ortho intramolecular Hbond substituents is 1. The first-order chi connectivity index (χ1) is 21.5. The third kappa shape index (κ3) is 5.47. The molecule has 6 N–H and O–H groups in total. The van der Waals surface area contributed by atoms with E-state index >= 15 is 0 Å². The first-order valence-corrected chi connectivity index (χ1v) is 16.6. The molecule has 236 valence electrons. The van der Waals surface area contributed by atoms with Crippen molar-refractivity contribution in [2.75, 3.05) is 0 Å². The molecule has 6 rings (SSSR count). The van der Waals surface area contributed by atoms with Gasteiger partial charge in [0.15, 0.2) is 11.4 Å². The van der Waals surface area contributed by atoms with Gasteiger partial charge in [-0.25, -0.2) is 0 Å². The molecule has 4 aliphatic carbocycles. The Balaban J connectivity index is 1.40. The summed E-state index contributed by atoms with van der Waals surface area (Å²) in [5.41, 5.74) is 5.35. The van der Waals surface area contributed by atoms with Crippen LogP contribution in [0.15, 0.2) is 51.1 Å². The third-order valence-electron chi connectivity index (χ3n) is 10.1. The van der Waals surface area contributed by atoms with Crippen molar-refractivity contribution in [1.82, 2.24) is 10.3 Å². The molecule has 11 heteroatoms. The van der Waals surface area contributed by atoms with Crippen LogP contribution in [-0.4, -0.2) is 49.3 Å². The van der Waals surface area contributed by atoms with E-state index < -0.39 is 40.3 Å². The van der Waals surface area contributed by atoms with Crippen LogP contribution in [0.5, 0.6) is 5.75 Å². The zero-order valence-electron chi connectivity index (χ0n) is 24.8. The van der Waals surface area contributed by atoms with Crippen molar-refractivity contribution in [3.8, 4) is 5.75 Å². The van der Waals surface area contributed by atoms with E-state index in [9.17, 15) is 34.5 Å². The maximum atomic E-state index is 14.4. The Morgan fingerprint density at radius 2 is 1.87 bits per heavy atom. The minimum Gasteiger partial charge on any atom is -0.511 e. The number of ketones is 2. The molecule has 1 aromatic heterocycles. The van der Waals surface area contributed by atoms with Gasteiger partial charge in [0.2, 0.25) is 5.78 Å². The van der Waals surface area contributed by atoms with E-state index in [1.165, 1.54) is 38.3 Å². The number of Topliss-reactive ketones (excluding diaryl/α,β-unsaturated/α-hetero) is 2. The molecule has 0 spiro atoms. The van der Waals surface area contributed by atoms with Gasteiger partial charge < -0.3 is 26.4 Å². The molecule has 2 amide bonds. The number of primary amides is 1. The summed E-state index contributed by atoms with van der Waals surface area (Å²) in [6.07, 6.45) is 11.2. The van der Waals surface area contributed by atoms with Gasteiger partial charge in [-0.15, -0.1) is 0 Å². The lowest BCUT2D eigenvalue weighted by atomic mass is 9.61. The number of pyridine rings is 1. The topological polar surface area (TPSA) is 180 Å². The number of hydrogen-bond acceptors (Lipinski definition) is 8. The highest BCUT2D eigenvalue weighted by molar-refractivity contribution is 14.1. The van der Waals surface area contributed by atoms with Crippen LogP contribution in [0.2, 0.25) is 0 Å². The zero-order chi connectivity index (χ0) is 32.0. The number of benzene rings is 1. The van der Waals surface area contributed by atoms with Crippen LogP contribution in [0.25, 0.3) is 0 Å². The molecule has 0 bridgehead atoms. The zero-order valence-corrected chi connectivity index (χ0v) is 26.9. The molecule has 1 saturated carbocycles. The van der Waals surface area contributed by atoms with Crippen LogP contribution in [0.1, 0.15) is 88.8 Å². The van der Waals surface area contributed by atoms with E-state index in [-0.39, 0.29) is 51.7 Å². The predicted molar refractivity (Wildman–Crippen MR) is 173 cm³/mol. The maximum Gasteiger partial charge on any atom is 0.255 e. The largest absolute Gasteiger partial charge is 0.511 e. The number of hydrogen-bond donors (Lipinski definition) is 5. The Hall–Kier alpha value is -3.58. The smallest absolute Gasteiger partial charge is 0.255 e. The summed E-state index contributed by atoms with van der Waals surface area (Å²) in [5, 5.41) is 36.7. The monoisotopic (exact) mass is 725 g/mol. The second kappa shape index (κ2) is 12.3. The molecule has 2 aromatic rings. The average molecular weight is 726 g/mol. The number of halogens is 1. The van der Waals surface area contributed by atoms with Crippen molar-refractivity contribution in [2.24, 2.45) is 23.5 Å². The SMILES string of the molecule is NC(=O)C1=C(O)C[C@@H]2C[C@@H]3Cc4c(CCC5CCCCC5)cc(CNC(=O)c5cccnc5)c(O)c4C(=O)C3=C(I)[C@]2(O)C1=O. The number of carbonyl (C=O) groups is 4. The van der Waals surface area contributed by atoms with E-state index in [4.69, 9.17) is 5.73 Å². The van der Waals surface area contributed by atoms with E-state index in [2.05, 4.69) is 10.3 Å². The van der Waals surface area contributed by atoms with Crippen molar-refractivity contribution in [1.29, 1.82) is 0 Å². The van der Waals surface area contributed by atoms with Gasteiger partial charge in [-0.3, -0.25) is 24.2 Å². The lowest BCUT2D eigenvalue weighted by molar-refractivity contribution is -0.139. The highest BCUT2D eigenvalue weighted by Gasteiger charge is 2.58. The van der Waals surface area contributed by atoms with Gasteiger partial charge in [-0.05, 0) is 83.4 Å². The minimum absolute atomic E-state index is 0.0212. The highest BCUT2D eigenvalue weighted by atomic mass is 127. The molecule has 0 aliphatic heterocycles. The summed E-state index contributed by atoms with van der Waals surface area (Å²) < 4.78 is 0.0895. The number of fused-ring (bicyclic) bond motifs is 3. The Bertz CT molecular complexity index is 1660. The number of aromatic hydroxyl groups is 1. The number of aliphatic hydroxyl groups excluding tert-OH is 1. The number of nitrogens with one attached hydrogen (secondary N) is 1. The quantitative estimate of drug-likeness (QED) is 0.207. The summed E-state index contributed by atoms with van der Waals surface area (Å²) in [5.74, 6) is -4.21. The molecule has 0 unspecified atom stereocenters. The Morgan fingerprint density at radius 1 is 1.11 bits per heavy atom. The molecule has 45 heavy (non-hydrogen) atoms. The van der Waals surface area contributed by atoms with E-state index in [0.717, 1.165) is 17.5 Å². The van der Waals surface area contributed by atoms with Crippen LogP contribution in [-0.2, 0) is 29.0 Å². The Kier molecular flexibility index (Phi) is 8.59. The standard InChI is InChI=1S/C34H36IN3O7/c35-30-25-20(12-22-14-24(39)27(32(36)43)31(42)34(22,30)45)13-23-18(9-8-17-5-2-1-3-6-17)11-21(28(40)26(23)29(25)41)16-38-33(44)19-7-4-10-37-15-19/h4,7,10-11,15,17,20,22,39-40,45H,1-3,5-6,8-9,12-14,16H2,(H2,36,43)(H,38,44)/t20-,22+,34+/m1/s1. The Labute approximate surface area is 274 Å². The maximum absolute atomic E-state index is 14.4. The van der Waals surface area contributed by atoms with Crippen molar-refractivity contribution >= 4 is 46.0 Å². The number of aliphatic hydroxyl groups is 2. The van der Waals surface area contributed by atoms with Crippen LogP contribution < -0.4 is 11.1 Å². The van der Waals surface area contributed by atoms with Gasteiger partial charge in [0, 0.05) is 46.0 Å². The van der Waals surface area contributed by atoms with Crippen molar-refractivity contribution in [3.05, 3.63) is 78.9 Å². The summed E-state index contributed by atoms with van der Waals surface area (Å²) in [6, 6.07) is 5.18. The highest BCUT2D eigenvalue weighted by Crippen LogP contribution is 2.54. The molecule has 3 atom stereocenters. The van der Waals surface area contributed by atoms with Gasteiger partial charge in [0.1, 0.15) is 17.1 Å². The first kappa shape index (κ1) is 31.4. The number of nitrogens with zero attached hydrogens (tertiary/aromatic N) is 1. The molecule has 10 nitrogen and oxygen atoms in total. The summed E-state index contributed by atoms with van der Waals surface area (Å²) in [4.78, 5) is 56.6. The number of allylic oxidation sites excluding steroid dienone is 2. The van der Waals surface area contributed by atoms with E-state index in [0.29, 0.717) is 29.9 Å². The number of aromatic nitrogens is 1. The molecular weight excluding hydrogens is 689 g/mol. The van der Waals surface area contributed by atoms with Crippen molar-refractivity contribution in [3.63, 3.8) is 0 Å². The second-order valence-corrected chi connectivity index (χ2v) is 13.8. The molecule has 0 radical (unpaired) electrons. The van der Waals surface area contributed by atoms with Crippen LogP contribution >= 0.6 is 22.6 Å². The first-order valence-electron chi connectivity index (χ1n) is 15.5. The fourth-order valence-corrected chi connectivity index (χ4v) is 9.12. The van der Waals surface area contributed by atoms with Crippen molar-refractivity contribution < 1.29 is 34.5 Å². The molecule has 0 saturated heterocycles. The summed E-state index contributed by atoms with van der Waals surface area (Å²) in [7, 11) is 0. The number of nitrogens with two attached hydrogens (primary N) is 1. The fraction of sp³-hybridized carbons (Fsp3) is 0.441. The molecule has 1 aromatic carbocycles. The van der Waals surface area contributed by atoms with E-state index in [1.54, 1.807) is 40.9 Å². The number of aryl methyl sites for hydroxylation is 1. The molecule has 1 heterocycles. The fourth-order valence-electron chi connectivity index (χ4n) is 7.75. The molecular formula is C34H36IN3O7. The normalized spacial score (nSPS) is 25.0. The number of phenols is 1. The van der Waals surface area contributed by atoms with Crippen LogP contribution in [0, 0.1) is 17.8 Å². The summed E-state index contributed by atoms with van der Waals surface area (Å²) in [6.45, 7) is -0.0212. The summed E-state index contributed by atoms with van der Waals surface area (Å²) >= 11 is 1.81. The lowest BCUT2D eigenvalue weighted by Gasteiger charge is -2.46. The molecule has 4 aliphatic rings. The average Bonchev–Trinajstić information content (AvgIpc) is 3.02. The number of carbonyl (C=O) groups excluding carboxylic acids is 4. The van der Waals surface area contributed by atoms with Crippen molar-refractivity contribution in [2.45, 2.75) is 76.4 Å². The van der Waals surface area contributed by atoms with Crippen LogP contribution in [0.4, 0.5) is 0 Å². The molecule has 1 fully saturated rings. The van der Waals surface area contributed by atoms with Gasteiger partial charge in [0.25, 0.3) is 11.8 Å². The minimum atomic E-state index is -2.19. The lowest BCUT2D eigenvalue weighted by Crippen LogP contribution is -2.56. The van der Waals surface area contributed by atoms with Gasteiger partial charge in [-0.2, -0.15) is 0 Å².